The lowest BCUT2D eigenvalue weighted by atomic mass is 10.1. The average Bonchev–Trinajstić information content (AvgIpc) is 2.49. The molecule has 1 heterocycles. The molecule has 0 spiro atoms. The number of pyridine rings is 1. The van der Waals surface area contributed by atoms with E-state index in [1.54, 1.807) is 0 Å². The van der Waals surface area contributed by atoms with Crippen molar-refractivity contribution in [2.24, 2.45) is 0 Å². The Bertz CT molecular complexity index is 619. The first-order chi connectivity index (χ1) is 10.2. The van der Waals surface area contributed by atoms with E-state index in [0.29, 0.717) is 0 Å². The molecule has 0 bridgehead atoms. The Morgan fingerprint density at radius 2 is 2.05 bits per heavy atom. The van der Waals surface area contributed by atoms with Gasteiger partial charge in [0.1, 0.15) is 5.82 Å². The number of aromatic nitrogens is 1. The van der Waals surface area contributed by atoms with Crippen molar-refractivity contribution in [3.05, 3.63) is 48.2 Å². The lowest BCUT2D eigenvalue weighted by Crippen LogP contribution is -2.26. The SMILES string of the molecule is C=C(C)CN(CC)c1nc(CNCC)cc2ccccc12. The minimum absolute atomic E-state index is 0.805. The van der Waals surface area contributed by atoms with Gasteiger partial charge in [-0.05, 0) is 31.8 Å². The van der Waals surface area contributed by atoms with Gasteiger partial charge in [-0.2, -0.15) is 0 Å². The van der Waals surface area contributed by atoms with E-state index in [0.717, 1.165) is 43.3 Å². The van der Waals surface area contributed by atoms with Crippen molar-refractivity contribution in [1.82, 2.24) is 10.3 Å². The Labute approximate surface area is 127 Å². The molecule has 2 rings (SSSR count). The third kappa shape index (κ3) is 3.82. The molecular weight excluding hydrogens is 258 g/mol. The van der Waals surface area contributed by atoms with Crippen LogP contribution in [-0.2, 0) is 6.54 Å². The zero-order valence-corrected chi connectivity index (χ0v) is 13.3. The number of hydrogen-bond acceptors (Lipinski definition) is 3. The van der Waals surface area contributed by atoms with Crippen molar-refractivity contribution in [2.75, 3.05) is 24.5 Å². The van der Waals surface area contributed by atoms with Crippen LogP contribution >= 0.6 is 0 Å². The van der Waals surface area contributed by atoms with Crippen LogP contribution in [-0.4, -0.2) is 24.6 Å². The second-order valence-corrected chi connectivity index (χ2v) is 5.41. The van der Waals surface area contributed by atoms with Gasteiger partial charge in [-0.15, -0.1) is 0 Å². The molecular formula is C18H25N3. The summed E-state index contributed by atoms with van der Waals surface area (Å²) in [5.74, 6) is 1.06. The molecule has 21 heavy (non-hydrogen) atoms. The van der Waals surface area contributed by atoms with Crippen molar-refractivity contribution in [1.29, 1.82) is 0 Å². The summed E-state index contributed by atoms with van der Waals surface area (Å²) >= 11 is 0. The normalized spacial score (nSPS) is 10.8. The highest BCUT2D eigenvalue weighted by Gasteiger charge is 2.12. The molecule has 0 atom stereocenters. The molecule has 112 valence electrons. The first kappa shape index (κ1) is 15.5. The number of hydrogen-bond donors (Lipinski definition) is 1. The second kappa shape index (κ2) is 7.23. The van der Waals surface area contributed by atoms with Crippen molar-refractivity contribution in [3.63, 3.8) is 0 Å². The molecule has 1 aromatic heterocycles. The lowest BCUT2D eigenvalue weighted by molar-refractivity contribution is 0.709. The molecule has 0 aliphatic carbocycles. The topological polar surface area (TPSA) is 28.2 Å². The number of benzene rings is 1. The van der Waals surface area contributed by atoms with Gasteiger partial charge in [-0.1, -0.05) is 43.3 Å². The van der Waals surface area contributed by atoms with E-state index in [9.17, 15) is 0 Å². The number of nitrogens with one attached hydrogen (secondary N) is 1. The number of anilines is 1. The number of fused-ring (bicyclic) bond motifs is 1. The summed E-state index contributed by atoms with van der Waals surface area (Å²) in [4.78, 5) is 7.18. The van der Waals surface area contributed by atoms with Gasteiger partial charge in [0.15, 0.2) is 0 Å². The van der Waals surface area contributed by atoms with Crippen LogP contribution in [0.5, 0.6) is 0 Å². The van der Waals surface area contributed by atoms with E-state index in [4.69, 9.17) is 4.98 Å². The van der Waals surface area contributed by atoms with Crippen LogP contribution in [0.15, 0.2) is 42.5 Å². The van der Waals surface area contributed by atoms with Crippen LogP contribution in [0.25, 0.3) is 10.8 Å². The maximum atomic E-state index is 4.88. The van der Waals surface area contributed by atoms with Gasteiger partial charge < -0.3 is 10.2 Å². The van der Waals surface area contributed by atoms with Gasteiger partial charge in [0.25, 0.3) is 0 Å². The Balaban J connectivity index is 2.49. The molecule has 0 fully saturated rings. The fourth-order valence-corrected chi connectivity index (χ4v) is 2.48. The van der Waals surface area contributed by atoms with Gasteiger partial charge in [0.05, 0.1) is 5.69 Å². The molecule has 0 aliphatic rings. The average molecular weight is 283 g/mol. The molecule has 3 heteroatoms. The lowest BCUT2D eigenvalue weighted by Gasteiger charge is -2.24. The smallest absolute Gasteiger partial charge is 0.137 e. The highest BCUT2D eigenvalue weighted by molar-refractivity contribution is 5.92. The van der Waals surface area contributed by atoms with Crippen LogP contribution in [0.4, 0.5) is 5.82 Å². The molecule has 0 unspecified atom stereocenters. The predicted octanol–water partition coefficient (Wildman–Crippen LogP) is 3.75. The van der Waals surface area contributed by atoms with Gasteiger partial charge in [-0.3, -0.25) is 0 Å². The first-order valence-electron chi connectivity index (χ1n) is 7.64. The zero-order valence-electron chi connectivity index (χ0n) is 13.3. The van der Waals surface area contributed by atoms with E-state index < -0.39 is 0 Å². The Morgan fingerprint density at radius 1 is 1.29 bits per heavy atom. The Kier molecular flexibility index (Phi) is 5.34. The standard InChI is InChI=1S/C18H25N3/c1-5-19-12-16-11-15-9-7-8-10-17(15)18(20-16)21(6-2)13-14(3)4/h7-11,19H,3,5-6,12-13H2,1-2,4H3. The summed E-state index contributed by atoms with van der Waals surface area (Å²) in [6, 6.07) is 10.6. The Morgan fingerprint density at radius 3 is 2.71 bits per heavy atom. The van der Waals surface area contributed by atoms with E-state index in [-0.39, 0.29) is 0 Å². The van der Waals surface area contributed by atoms with Gasteiger partial charge >= 0.3 is 0 Å². The summed E-state index contributed by atoms with van der Waals surface area (Å²) < 4.78 is 0. The summed E-state index contributed by atoms with van der Waals surface area (Å²) in [7, 11) is 0. The van der Waals surface area contributed by atoms with Crippen molar-refractivity contribution < 1.29 is 0 Å². The minimum atomic E-state index is 0.805. The molecule has 0 amide bonds. The maximum absolute atomic E-state index is 4.88. The molecule has 1 aromatic carbocycles. The highest BCUT2D eigenvalue weighted by atomic mass is 15.2. The molecule has 3 nitrogen and oxygen atoms in total. The molecule has 0 saturated heterocycles. The van der Waals surface area contributed by atoms with Gasteiger partial charge in [0, 0.05) is 25.0 Å². The Hall–Kier alpha value is -1.87. The maximum Gasteiger partial charge on any atom is 0.137 e. The van der Waals surface area contributed by atoms with Gasteiger partial charge in [-0.25, -0.2) is 4.98 Å². The number of rotatable bonds is 7. The van der Waals surface area contributed by atoms with E-state index >= 15 is 0 Å². The zero-order chi connectivity index (χ0) is 15.2. The van der Waals surface area contributed by atoms with Crippen LogP contribution < -0.4 is 10.2 Å². The van der Waals surface area contributed by atoms with Crippen molar-refractivity contribution in [3.8, 4) is 0 Å². The number of likely N-dealkylation sites (N-methyl/N-ethyl adjacent to an activating group) is 1. The van der Waals surface area contributed by atoms with E-state index in [1.807, 2.05) is 0 Å². The van der Waals surface area contributed by atoms with Crippen LogP contribution in [0.1, 0.15) is 26.5 Å². The van der Waals surface area contributed by atoms with E-state index in [2.05, 4.69) is 67.9 Å². The fourth-order valence-electron chi connectivity index (χ4n) is 2.48. The monoisotopic (exact) mass is 283 g/mol. The minimum Gasteiger partial charge on any atom is -0.352 e. The second-order valence-electron chi connectivity index (χ2n) is 5.41. The molecule has 0 saturated carbocycles. The third-order valence-corrected chi connectivity index (χ3v) is 3.47. The fraction of sp³-hybridized carbons (Fsp3) is 0.389. The van der Waals surface area contributed by atoms with Gasteiger partial charge in [0.2, 0.25) is 0 Å². The largest absolute Gasteiger partial charge is 0.352 e. The van der Waals surface area contributed by atoms with Crippen LogP contribution in [0, 0.1) is 0 Å². The summed E-state index contributed by atoms with van der Waals surface area (Å²) in [5.41, 5.74) is 2.24. The molecule has 1 N–H and O–H groups in total. The van der Waals surface area contributed by atoms with Crippen LogP contribution in [0.3, 0.4) is 0 Å². The van der Waals surface area contributed by atoms with Crippen molar-refractivity contribution in [2.45, 2.75) is 27.3 Å². The van der Waals surface area contributed by atoms with Crippen LogP contribution in [0.2, 0.25) is 0 Å². The number of nitrogens with zero attached hydrogens (tertiary/aromatic N) is 2. The predicted molar refractivity (Wildman–Crippen MR) is 91.8 cm³/mol. The third-order valence-electron chi connectivity index (χ3n) is 3.47. The molecule has 0 aliphatic heterocycles. The summed E-state index contributed by atoms with van der Waals surface area (Å²) in [5, 5.41) is 5.81. The quantitative estimate of drug-likeness (QED) is 0.784. The summed E-state index contributed by atoms with van der Waals surface area (Å²) in [6.45, 7) is 13.9. The van der Waals surface area contributed by atoms with Crippen molar-refractivity contribution >= 4 is 16.6 Å². The molecule has 2 aromatic rings. The first-order valence-corrected chi connectivity index (χ1v) is 7.64. The van der Waals surface area contributed by atoms with E-state index in [1.165, 1.54) is 10.8 Å². The highest BCUT2D eigenvalue weighted by Crippen LogP contribution is 2.26. The molecule has 0 radical (unpaired) electrons. The summed E-state index contributed by atoms with van der Waals surface area (Å²) in [6.07, 6.45) is 0.